The van der Waals surface area contributed by atoms with Gasteiger partial charge in [0.05, 0.1) is 6.10 Å². The molecule has 0 aromatic rings. The van der Waals surface area contributed by atoms with E-state index in [9.17, 15) is 10.2 Å². The van der Waals surface area contributed by atoms with Crippen molar-refractivity contribution in [2.24, 2.45) is 22.7 Å². The summed E-state index contributed by atoms with van der Waals surface area (Å²) in [6.07, 6.45) is 2.99. The number of fused-ring (bicyclic) bond motifs is 2. The second kappa shape index (κ2) is 3.50. The molecule has 0 amide bonds. The first-order chi connectivity index (χ1) is 8.27. The lowest BCUT2D eigenvalue weighted by molar-refractivity contribution is -0.145. The number of hydrogen-bond donors (Lipinski definition) is 2. The molecule has 0 radical (unpaired) electrons. The lowest BCUT2D eigenvalue weighted by atomic mass is 9.46. The molecule has 2 aliphatic carbocycles. The van der Waals surface area contributed by atoms with Gasteiger partial charge in [-0.2, -0.15) is 0 Å². The highest BCUT2D eigenvalue weighted by Gasteiger charge is 2.73. The molecule has 1 aliphatic heterocycles. The Balaban J connectivity index is 2.05. The quantitative estimate of drug-likeness (QED) is 0.703. The average Bonchev–Trinajstić information content (AvgIpc) is 2.89. The van der Waals surface area contributed by atoms with Gasteiger partial charge in [0, 0.05) is 12.5 Å². The Morgan fingerprint density at radius 1 is 1.17 bits per heavy atom. The van der Waals surface area contributed by atoms with E-state index in [0.717, 1.165) is 12.8 Å². The van der Waals surface area contributed by atoms with E-state index >= 15 is 0 Å². The van der Waals surface area contributed by atoms with Crippen LogP contribution in [0.5, 0.6) is 0 Å². The van der Waals surface area contributed by atoms with Crippen molar-refractivity contribution in [2.45, 2.75) is 64.8 Å². The fraction of sp³-hybridized carbons (Fsp3) is 1.00. The van der Waals surface area contributed by atoms with Gasteiger partial charge in [0.1, 0.15) is 11.7 Å². The number of hydrogen-bond acceptors (Lipinski definition) is 3. The Kier molecular flexibility index (Phi) is 2.51. The molecule has 3 aliphatic rings. The van der Waals surface area contributed by atoms with Crippen LogP contribution in [0.3, 0.4) is 0 Å². The molecule has 2 saturated carbocycles. The summed E-state index contributed by atoms with van der Waals surface area (Å²) in [6, 6.07) is 0. The summed E-state index contributed by atoms with van der Waals surface area (Å²) in [4.78, 5) is 0. The van der Waals surface area contributed by atoms with Crippen LogP contribution in [-0.2, 0) is 4.74 Å². The molecule has 18 heavy (non-hydrogen) atoms. The fourth-order valence-corrected chi connectivity index (χ4v) is 5.52. The van der Waals surface area contributed by atoms with E-state index < -0.39 is 0 Å². The Labute approximate surface area is 110 Å². The van der Waals surface area contributed by atoms with Crippen LogP contribution < -0.4 is 0 Å². The molecule has 3 heteroatoms. The predicted octanol–water partition coefficient (Wildman–Crippen LogP) is 1.96. The number of aliphatic hydroxyl groups is 2. The van der Waals surface area contributed by atoms with Gasteiger partial charge in [-0.3, -0.25) is 0 Å². The summed E-state index contributed by atoms with van der Waals surface area (Å²) in [7, 11) is 0. The van der Waals surface area contributed by atoms with Crippen LogP contribution >= 0.6 is 0 Å². The summed E-state index contributed by atoms with van der Waals surface area (Å²) < 4.78 is 5.82. The molecule has 2 N–H and O–H groups in total. The summed E-state index contributed by atoms with van der Waals surface area (Å²) in [5.41, 5.74) is -0.169. The third-order valence-corrected chi connectivity index (χ3v) is 6.30. The first kappa shape index (κ1) is 12.9. The zero-order valence-corrected chi connectivity index (χ0v) is 11.9. The molecule has 3 rings (SSSR count). The van der Waals surface area contributed by atoms with E-state index in [1.54, 1.807) is 0 Å². The molecule has 0 aromatic carbocycles. The molecule has 3 nitrogen and oxygen atoms in total. The maximum Gasteiger partial charge on any atom is 0.114 e. The van der Waals surface area contributed by atoms with Gasteiger partial charge in [0.15, 0.2) is 0 Å². The van der Waals surface area contributed by atoms with Crippen molar-refractivity contribution in [1.82, 2.24) is 0 Å². The molecular weight excluding hydrogens is 228 g/mol. The summed E-state index contributed by atoms with van der Waals surface area (Å²) in [6.45, 7) is 9.01. The van der Waals surface area contributed by atoms with Crippen molar-refractivity contribution in [3.8, 4) is 0 Å². The van der Waals surface area contributed by atoms with Crippen LogP contribution in [0, 0.1) is 22.7 Å². The van der Waals surface area contributed by atoms with Crippen LogP contribution in [-0.4, -0.2) is 34.6 Å². The number of epoxide rings is 1. The largest absolute Gasteiger partial charge is 0.396 e. The van der Waals surface area contributed by atoms with Crippen LogP contribution in [0.25, 0.3) is 0 Å². The second-order valence-electron chi connectivity index (χ2n) is 7.77. The monoisotopic (exact) mass is 254 g/mol. The molecule has 1 heterocycles. The zero-order chi connectivity index (χ0) is 13.3. The van der Waals surface area contributed by atoms with E-state index in [2.05, 4.69) is 27.7 Å². The Morgan fingerprint density at radius 3 is 2.44 bits per heavy atom. The zero-order valence-electron chi connectivity index (χ0n) is 11.9. The third-order valence-electron chi connectivity index (χ3n) is 6.30. The molecule has 0 bridgehead atoms. The third kappa shape index (κ3) is 1.36. The van der Waals surface area contributed by atoms with Gasteiger partial charge >= 0.3 is 0 Å². The normalized spacial score (nSPS) is 57.7. The summed E-state index contributed by atoms with van der Waals surface area (Å²) in [5, 5.41) is 20.5. The van der Waals surface area contributed by atoms with Gasteiger partial charge < -0.3 is 14.9 Å². The smallest absolute Gasteiger partial charge is 0.114 e. The van der Waals surface area contributed by atoms with Crippen molar-refractivity contribution >= 4 is 0 Å². The molecule has 1 saturated heterocycles. The van der Waals surface area contributed by atoms with E-state index in [-0.39, 0.29) is 47.1 Å². The minimum Gasteiger partial charge on any atom is -0.396 e. The van der Waals surface area contributed by atoms with Gasteiger partial charge in [0.2, 0.25) is 0 Å². The first-order valence-corrected chi connectivity index (χ1v) is 7.24. The van der Waals surface area contributed by atoms with Crippen LogP contribution in [0.2, 0.25) is 0 Å². The molecule has 0 aromatic heterocycles. The van der Waals surface area contributed by atoms with Crippen LogP contribution in [0.1, 0.15) is 47.0 Å². The minimum absolute atomic E-state index is 0.00231. The highest BCUT2D eigenvalue weighted by Crippen LogP contribution is 2.67. The predicted molar refractivity (Wildman–Crippen MR) is 69.1 cm³/mol. The number of ether oxygens (including phenoxy) is 1. The van der Waals surface area contributed by atoms with Gasteiger partial charge in [-0.1, -0.05) is 27.2 Å². The van der Waals surface area contributed by atoms with Gasteiger partial charge in [0.25, 0.3) is 0 Å². The van der Waals surface area contributed by atoms with Crippen molar-refractivity contribution in [3.63, 3.8) is 0 Å². The van der Waals surface area contributed by atoms with Gasteiger partial charge in [-0.05, 0) is 36.5 Å². The topological polar surface area (TPSA) is 53.0 Å². The first-order valence-electron chi connectivity index (χ1n) is 7.24. The maximum absolute atomic E-state index is 10.7. The molecule has 104 valence electrons. The Morgan fingerprint density at radius 2 is 1.83 bits per heavy atom. The van der Waals surface area contributed by atoms with Crippen LogP contribution in [0.15, 0.2) is 0 Å². The van der Waals surface area contributed by atoms with Gasteiger partial charge in [-0.15, -0.1) is 0 Å². The lowest BCUT2D eigenvalue weighted by Gasteiger charge is -2.58. The van der Waals surface area contributed by atoms with E-state index in [4.69, 9.17) is 4.74 Å². The highest BCUT2D eigenvalue weighted by atomic mass is 16.6. The minimum atomic E-state index is -0.377. The van der Waals surface area contributed by atoms with Crippen molar-refractivity contribution < 1.29 is 14.9 Å². The molecular formula is C15H26O3. The number of aliphatic hydroxyl groups excluding tert-OH is 2. The maximum atomic E-state index is 10.7. The van der Waals surface area contributed by atoms with E-state index in [1.807, 2.05) is 0 Å². The van der Waals surface area contributed by atoms with Gasteiger partial charge in [-0.25, -0.2) is 0 Å². The SMILES string of the molecule is CC1(C)CCC[C@@]2(C)[C@@H](CO)[C@@]3(C)O[C@H]3[C@@H](O)[C@@H]12. The fourth-order valence-electron chi connectivity index (χ4n) is 5.52. The molecule has 6 atom stereocenters. The van der Waals surface area contributed by atoms with Crippen LogP contribution in [0.4, 0.5) is 0 Å². The highest BCUT2D eigenvalue weighted by molar-refractivity contribution is 5.21. The molecule has 0 unspecified atom stereocenters. The molecule has 0 spiro atoms. The molecule has 3 fully saturated rings. The van der Waals surface area contributed by atoms with Crippen molar-refractivity contribution in [3.05, 3.63) is 0 Å². The van der Waals surface area contributed by atoms with E-state index in [1.165, 1.54) is 6.42 Å². The Bertz CT molecular complexity index is 367. The standard InChI is InChI=1S/C15H26O3/c1-13(2)6-5-7-14(3)9(8-16)15(4)12(18-15)10(17)11(13)14/h9-12,16-17H,5-8H2,1-4H3/t9-,10+,11+,12+,14+,15-/m1/s1. The Hall–Kier alpha value is -0.120. The summed E-state index contributed by atoms with van der Waals surface area (Å²) >= 11 is 0. The summed E-state index contributed by atoms with van der Waals surface area (Å²) in [5.74, 6) is 0.388. The van der Waals surface area contributed by atoms with Crippen molar-refractivity contribution in [2.75, 3.05) is 6.61 Å². The number of rotatable bonds is 1. The lowest BCUT2D eigenvalue weighted by Crippen LogP contribution is -2.61. The van der Waals surface area contributed by atoms with Crippen molar-refractivity contribution in [1.29, 1.82) is 0 Å². The second-order valence-corrected chi connectivity index (χ2v) is 7.77. The average molecular weight is 254 g/mol. The van der Waals surface area contributed by atoms with E-state index in [0.29, 0.717) is 0 Å².